The molecule has 1 aliphatic rings. The van der Waals surface area contributed by atoms with Crippen LogP contribution in [0.1, 0.15) is 13.8 Å². The normalized spacial score (nSPS) is 18.1. The summed E-state index contributed by atoms with van der Waals surface area (Å²) in [5.74, 6) is 0. The first-order chi connectivity index (χ1) is 8.64. The molecule has 0 atom stereocenters. The van der Waals surface area contributed by atoms with Gasteiger partial charge in [0.1, 0.15) is 5.03 Å². The van der Waals surface area contributed by atoms with Crippen LogP contribution >= 0.6 is 43.2 Å². The van der Waals surface area contributed by atoms with E-state index < -0.39 is 0 Å². The molecule has 0 unspecified atom stereocenters. The Kier molecular flexibility index (Phi) is 3.62. The summed E-state index contributed by atoms with van der Waals surface area (Å²) >= 11 is 1.89. The smallest absolute Gasteiger partial charge is 0.144 e. The highest BCUT2D eigenvalue weighted by Crippen LogP contribution is 2.58. The van der Waals surface area contributed by atoms with Crippen LogP contribution in [0.5, 0.6) is 0 Å². The van der Waals surface area contributed by atoms with Crippen LogP contribution in [0.2, 0.25) is 0 Å². The van der Waals surface area contributed by atoms with Gasteiger partial charge in [-0.25, -0.2) is 4.68 Å². The first-order valence-electron chi connectivity index (χ1n) is 5.50. The van der Waals surface area contributed by atoms with E-state index in [1.165, 1.54) is 4.90 Å². The van der Waals surface area contributed by atoms with Crippen LogP contribution in [0.4, 0.5) is 0 Å². The predicted molar refractivity (Wildman–Crippen MR) is 84.5 cm³/mol. The number of benzene rings is 1. The Labute approximate surface area is 122 Å². The highest BCUT2D eigenvalue weighted by atomic mass is 33.5. The lowest BCUT2D eigenvalue weighted by atomic mass is 10.3. The molecule has 6 heteroatoms. The summed E-state index contributed by atoms with van der Waals surface area (Å²) in [6.07, 6.45) is 2.14. The molecule has 1 aromatic heterocycles. The SMILES string of the molecule is CC1(C)SSSc2nn(-c3ccccc3)cc2S1. The average Bonchev–Trinajstić information content (AvgIpc) is 2.66. The van der Waals surface area contributed by atoms with E-state index in [0.717, 1.165) is 10.7 Å². The fourth-order valence-corrected chi connectivity index (χ4v) is 8.31. The number of para-hydroxylation sites is 1. The quantitative estimate of drug-likeness (QED) is 0.679. The molecule has 0 bridgehead atoms. The van der Waals surface area contributed by atoms with Gasteiger partial charge in [0.05, 0.1) is 14.7 Å². The zero-order chi connectivity index (χ0) is 12.6. The molecule has 0 saturated carbocycles. The summed E-state index contributed by atoms with van der Waals surface area (Å²) in [4.78, 5) is 1.27. The van der Waals surface area contributed by atoms with E-state index in [-0.39, 0.29) is 4.08 Å². The Bertz CT molecular complexity index is 550. The topological polar surface area (TPSA) is 17.8 Å². The van der Waals surface area contributed by atoms with Crippen LogP contribution in [-0.4, -0.2) is 13.9 Å². The molecule has 0 amide bonds. The largest absolute Gasteiger partial charge is 0.239 e. The Morgan fingerprint density at radius 1 is 1.17 bits per heavy atom. The van der Waals surface area contributed by atoms with Gasteiger partial charge in [-0.3, -0.25) is 0 Å². The van der Waals surface area contributed by atoms with Crippen molar-refractivity contribution in [2.45, 2.75) is 27.8 Å². The third-order valence-electron chi connectivity index (χ3n) is 2.37. The van der Waals surface area contributed by atoms with Gasteiger partial charge < -0.3 is 0 Å². The molecule has 1 aliphatic heterocycles. The Morgan fingerprint density at radius 3 is 2.72 bits per heavy atom. The molecule has 0 N–H and O–H groups in total. The molecule has 2 nitrogen and oxygen atoms in total. The first kappa shape index (κ1) is 12.8. The van der Waals surface area contributed by atoms with Crippen LogP contribution in [0.15, 0.2) is 46.5 Å². The second-order valence-corrected chi connectivity index (χ2v) is 10.7. The fourth-order valence-electron chi connectivity index (χ4n) is 1.60. The van der Waals surface area contributed by atoms with Gasteiger partial charge in [-0.15, -0.1) is 11.8 Å². The third-order valence-corrected chi connectivity index (χ3v) is 8.68. The second-order valence-electron chi connectivity index (χ2n) is 4.32. The van der Waals surface area contributed by atoms with Crippen LogP contribution < -0.4 is 0 Å². The van der Waals surface area contributed by atoms with Crippen molar-refractivity contribution in [3.8, 4) is 5.69 Å². The number of hydrogen-bond acceptors (Lipinski definition) is 5. The summed E-state index contributed by atoms with van der Waals surface area (Å²) in [5.41, 5.74) is 1.11. The van der Waals surface area contributed by atoms with Crippen molar-refractivity contribution in [3.05, 3.63) is 36.5 Å². The molecule has 2 aromatic rings. The van der Waals surface area contributed by atoms with E-state index in [2.05, 4.69) is 37.3 Å². The Hall–Kier alpha value is -0.170. The van der Waals surface area contributed by atoms with Crippen molar-refractivity contribution in [2.24, 2.45) is 0 Å². The summed E-state index contributed by atoms with van der Waals surface area (Å²) in [6, 6.07) is 10.3. The zero-order valence-corrected chi connectivity index (χ0v) is 13.3. The number of nitrogens with zero attached hydrogens (tertiary/aromatic N) is 2. The molecule has 0 saturated heterocycles. The van der Waals surface area contributed by atoms with Crippen LogP contribution in [0, 0.1) is 0 Å². The highest BCUT2D eigenvalue weighted by Gasteiger charge is 2.28. The minimum atomic E-state index is 0.188. The number of rotatable bonds is 1. The summed E-state index contributed by atoms with van der Waals surface area (Å²) < 4.78 is 2.16. The lowest BCUT2D eigenvalue weighted by molar-refractivity contribution is 0.837. The van der Waals surface area contributed by atoms with Gasteiger partial charge in [0.25, 0.3) is 0 Å². The summed E-state index contributed by atoms with van der Waals surface area (Å²) in [6.45, 7) is 4.51. The van der Waals surface area contributed by atoms with Gasteiger partial charge in [-0.2, -0.15) is 5.10 Å². The van der Waals surface area contributed by atoms with E-state index in [9.17, 15) is 0 Å². The number of fused-ring (bicyclic) bond motifs is 1. The first-order valence-corrected chi connectivity index (χ1v) is 9.80. The lowest BCUT2D eigenvalue weighted by Gasteiger charge is -2.18. The van der Waals surface area contributed by atoms with E-state index in [1.54, 1.807) is 10.8 Å². The number of aromatic nitrogens is 2. The van der Waals surface area contributed by atoms with Gasteiger partial charge in [0, 0.05) is 6.20 Å². The molecule has 1 aromatic carbocycles. The third kappa shape index (κ3) is 2.71. The minimum Gasteiger partial charge on any atom is -0.239 e. The van der Waals surface area contributed by atoms with Gasteiger partial charge in [-0.1, -0.05) is 29.0 Å². The molecule has 0 aliphatic carbocycles. The van der Waals surface area contributed by atoms with Gasteiger partial charge in [-0.05, 0) is 46.6 Å². The molecule has 0 radical (unpaired) electrons. The lowest BCUT2D eigenvalue weighted by Crippen LogP contribution is -2.04. The van der Waals surface area contributed by atoms with Crippen molar-refractivity contribution >= 4 is 43.2 Å². The van der Waals surface area contributed by atoms with Crippen LogP contribution in [0.25, 0.3) is 5.69 Å². The standard InChI is InChI=1S/C12H12N2S4/c1-12(2)15-10-8-14(9-6-4-3-5-7-9)13-11(10)16-18-17-12/h3-8H,1-2H3. The maximum absolute atomic E-state index is 4.67. The number of hydrogen-bond donors (Lipinski definition) is 0. The van der Waals surface area contributed by atoms with Crippen molar-refractivity contribution in [1.82, 2.24) is 9.78 Å². The van der Waals surface area contributed by atoms with Crippen LogP contribution in [0.3, 0.4) is 0 Å². The fraction of sp³-hybridized carbons (Fsp3) is 0.250. The molecule has 2 heterocycles. The number of thioether (sulfide) groups is 1. The summed E-state index contributed by atoms with van der Waals surface area (Å²) in [7, 11) is 5.46. The van der Waals surface area contributed by atoms with Gasteiger partial charge in [0.15, 0.2) is 0 Å². The van der Waals surface area contributed by atoms with Crippen molar-refractivity contribution in [1.29, 1.82) is 0 Å². The minimum absolute atomic E-state index is 0.188. The zero-order valence-electron chi connectivity index (χ0n) is 9.99. The maximum atomic E-state index is 4.67. The summed E-state index contributed by atoms with van der Waals surface area (Å²) in [5, 5.41) is 5.79. The van der Waals surface area contributed by atoms with Gasteiger partial charge in [0.2, 0.25) is 0 Å². The molecular formula is C12H12N2S4. The van der Waals surface area contributed by atoms with Crippen LogP contribution in [-0.2, 0) is 0 Å². The second kappa shape index (κ2) is 5.07. The van der Waals surface area contributed by atoms with Crippen molar-refractivity contribution in [3.63, 3.8) is 0 Å². The van der Waals surface area contributed by atoms with E-state index in [1.807, 2.05) is 55.3 Å². The van der Waals surface area contributed by atoms with E-state index in [4.69, 9.17) is 0 Å². The Morgan fingerprint density at radius 2 is 1.94 bits per heavy atom. The monoisotopic (exact) mass is 312 g/mol. The molecular weight excluding hydrogens is 300 g/mol. The molecule has 3 rings (SSSR count). The predicted octanol–water partition coefficient (Wildman–Crippen LogP) is 5.10. The van der Waals surface area contributed by atoms with Crippen molar-refractivity contribution in [2.75, 3.05) is 0 Å². The Balaban J connectivity index is 1.98. The molecule has 18 heavy (non-hydrogen) atoms. The van der Waals surface area contributed by atoms with E-state index in [0.29, 0.717) is 0 Å². The van der Waals surface area contributed by atoms with Gasteiger partial charge >= 0.3 is 0 Å². The van der Waals surface area contributed by atoms with Crippen molar-refractivity contribution < 1.29 is 0 Å². The highest BCUT2D eigenvalue weighted by molar-refractivity contribution is 9.10. The van der Waals surface area contributed by atoms with E-state index >= 15 is 0 Å². The maximum Gasteiger partial charge on any atom is 0.144 e. The molecule has 0 fully saturated rings. The molecule has 0 spiro atoms. The average molecular weight is 313 g/mol. The molecule has 94 valence electrons.